The highest BCUT2D eigenvalue weighted by molar-refractivity contribution is 7.16. The van der Waals surface area contributed by atoms with Crippen LogP contribution in [0, 0.1) is 13.8 Å². The normalized spacial score (nSPS) is 17.9. The molecule has 1 aliphatic rings. The molecule has 1 saturated heterocycles. The smallest absolute Gasteiger partial charge is 0.301 e. The van der Waals surface area contributed by atoms with Gasteiger partial charge in [0.15, 0.2) is 5.13 Å². The van der Waals surface area contributed by atoms with E-state index in [-0.39, 0.29) is 11.3 Å². The highest BCUT2D eigenvalue weighted by atomic mass is 35.5. The number of nitrogens with zero attached hydrogens (tertiary/aromatic N) is 2. The molecule has 158 valence electrons. The molecule has 4 rings (SSSR count). The topological polar surface area (TPSA) is 79.7 Å². The van der Waals surface area contributed by atoms with E-state index < -0.39 is 17.7 Å². The fourth-order valence-corrected chi connectivity index (χ4v) is 4.60. The Morgan fingerprint density at radius 3 is 2.42 bits per heavy atom. The van der Waals surface area contributed by atoms with Crippen LogP contribution in [0.4, 0.5) is 5.13 Å². The summed E-state index contributed by atoms with van der Waals surface area (Å²) in [5, 5.41) is 12.0. The van der Waals surface area contributed by atoms with Crippen LogP contribution in [0.3, 0.4) is 0 Å². The average Bonchev–Trinajstić information content (AvgIpc) is 3.23. The van der Waals surface area contributed by atoms with Gasteiger partial charge in [0.2, 0.25) is 0 Å². The van der Waals surface area contributed by atoms with Gasteiger partial charge in [-0.2, -0.15) is 0 Å². The summed E-state index contributed by atoms with van der Waals surface area (Å²) in [4.78, 5) is 33.1. The summed E-state index contributed by atoms with van der Waals surface area (Å²) >= 11 is 7.28. The van der Waals surface area contributed by atoms with Gasteiger partial charge in [-0.3, -0.25) is 14.5 Å². The number of hydrogen-bond acceptors (Lipinski definition) is 6. The minimum Gasteiger partial charge on any atom is -0.507 e. The van der Waals surface area contributed by atoms with Crippen molar-refractivity contribution < 1.29 is 19.4 Å². The van der Waals surface area contributed by atoms with Crippen molar-refractivity contribution in [1.29, 1.82) is 0 Å². The van der Waals surface area contributed by atoms with Crippen LogP contribution in [-0.4, -0.2) is 28.9 Å². The molecule has 0 unspecified atom stereocenters. The third-order valence-electron chi connectivity index (χ3n) is 5.22. The van der Waals surface area contributed by atoms with Gasteiger partial charge in [0, 0.05) is 21.0 Å². The number of aliphatic hydroxyl groups is 1. The largest absolute Gasteiger partial charge is 0.507 e. The number of ether oxygens (including phenoxy) is 1. The zero-order valence-corrected chi connectivity index (χ0v) is 18.6. The van der Waals surface area contributed by atoms with Gasteiger partial charge in [-0.1, -0.05) is 29.8 Å². The molecule has 8 heteroatoms. The second-order valence-corrected chi connectivity index (χ2v) is 8.67. The second-order valence-electron chi connectivity index (χ2n) is 7.06. The van der Waals surface area contributed by atoms with Gasteiger partial charge in [0.25, 0.3) is 5.78 Å². The maximum absolute atomic E-state index is 13.1. The lowest BCUT2D eigenvalue weighted by Crippen LogP contribution is -2.29. The number of para-hydroxylation sites is 1. The Kier molecular flexibility index (Phi) is 5.56. The Hall–Kier alpha value is -3.16. The zero-order chi connectivity index (χ0) is 22.3. The minimum atomic E-state index is -0.892. The third kappa shape index (κ3) is 3.60. The van der Waals surface area contributed by atoms with Crippen molar-refractivity contribution in [2.75, 3.05) is 12.0 Å². The molecule has 1 amide bonds. The number of Topliss-reactive ketones (excluding diaryl/α,β-unsaturated/α-hetero) is 1. The second kappa shape index (κ2) is 8.17. The third-order valence-corrected chi connectivity index (χ3v) is 6.54. The van der Waals surface area contributed by atoms with Gasteiger partial charge in [-0.25, -0.2) is 4.98 Å². The summed E-state index contributed by atoms with van der Waals surface area (Å²) in [6.45, 7) is 3.75. The van der Waals surface area contributed by atoms with Crippen molar-refractivity contribution in [1.82, 2.24) is 4.98 Å². The fourth-order valence-electron chi connectivity index (χ4n) is 3.54. The zero-order valence-electron chi connectivity index (χ0n) is 17.0. The van der Waals surface area contributed by atoms with Crippen molar-refractivity contribution in [2.24, 2.45) is 0 Å². The molecule has 3 aromatic rings. The molecule has 0 saturated carbocycles. The van der Waals surface area contributed by atoms with Crippen molar-refractivity contribution in [3.63, 3.8) is 0 Å². The number of thiazole rings is 1. The first-order chi connectivity index (χ1) is 14.8. The lowest BCUT2D eigenvalue weighted by Gasteiger charge is -2.24. The number of amides is 1. The van der Waals surface area contributed by atoms with Gasteiger partial charge in [-0.15, -0.1) is 11.3 Å². The number of hydrogen-bond donors (Lipinski definition) is 1. The number of methoxy groups -OCH3 is 1. The number of ketones is 1. The standard InChI is InChI=1S/C23H19ClN2O4S/c1-12-13(2)31-23(25-12)26-19(16-6-4-5-7-17(16)30-3)18(21(28)22(26)29)20(27)14-8-10-15(24)11-9-14/h4-11,19,27H,1-3H3/b20-18+/t19-/m1/s1. The van der Waals surface area contributed by atoms with Crippen LogP contribution >= 0.6 is 22.9 Å². The first-order valence-corrected chi connectivity index (χ1v) is 10.7. The van der Waals surface area contributed by atoms with Crippen LogP contribution in [0.25, 0.3) is 5.76 Å². The number of halogens is 1. The van der Waals surface area contributed by atoms with Crippen LogP contribution in [0.15, 0.2) is 54.1 Å². The molecule has 1 atom stereocenters. The first-order valence-electron chi connectivity index (χ1n) is 9.47. The van der Waals surface area contributed by atoms with Gasteiger partial charge < -0.3 is 9.84 Å². The molecular formula is C23H19ClN2O4S. The molecule has 0 aliphatic carbocycles. The lowest BCUT2D eigenvalue weighted by molar-refractivity contribution is -0.132. The van der Waals surface area contributed by atoms with Crippen LogP contribution in [0.2, 0.25) is 5.02 Å². The molecule has 6 nitrogen and oxygen atoms in total. The molecule has 1 aliphatic heterocycles. The van der Waals surface area contributed by atoms with Crippen molar-refractivity contribution in [3.8, 4) is 5.75 Å². The maximum Gasteiger partial charge on any atom is 0.301 e. The number of carbonyl (C=O) groups excluding carboxylic acids is 2. The summed E-state index contributed by atoms with van der Waals surface area (Å²) in [5.41, 5.74) is 1.71. The van der Waals surface area contributed by atoms with Crippen LogP contribution in [0.5, 0.6) is 5.75 Å². The molecule has 31 heavy (non-hydrogen) atoms. The fraction of sp³-hybridized carbons (Fsp3) is 0.174. The van der Waals surface area contributed by atoms with E-state index in [0.29, 0.717) is 27.0 Å². The van der Waals surface area contributed by atoms with Crippen molar-refractivity contribution >= 4 is 45.5 Å². The monoisotopic (exact) mass is 454 g/mol. The Bertz CT molecular complexity index is 1200. The van der Waals surface area contributed by atoms with Crippen molar-refractivity contribution in [2.45, 2.75) is 19.9 Å². The number of aromatic nitrogens is 1. The molecule has 0 spiro atoms. The summed E-state index contributed by atoms with van der Waals surface area (Å²) in [7, 11) is 1.52. The number of anilines is 1. The Balaban J connectivity index is 1.99. The summed E-state index contributed by atoms with van der Waals surface area (Å²) in [5.74, 6) is -1.32. The summed E-state index contributed by atoms with van der Waals surface area (Å²) < 4.78 is 5.50. The highest BCUT2D eigenvalue weighted by Crippen LogP contribution is 2.46. The lowest BCUT2D eigenvalue weighted by atomic mass is 9.95. The van der Waals surface area contributed by atoms with E-state index >= 15 is 0 Å². The summed E-state index contributed by atoms with van der Waals surface area (Å²) in [6.07, 6.45) is 0. The van der Waals surface area contributed by atoms with E-state index in [9.17, 15) is 14.7 Å². The Morgan fingerprint density at radius 2 is 1.81 bits per heavy atom. The first kappa shape index (κ1) is 21.1. The van der Waals surface area contributed by atoms with E-state index in [1.807, 2.05) is 13.8 Å². The van der Waals surface area contributed by atoms with Crippen LogP contribution < -0.4 is 9.64 Å². The van der Waals surface area contributed by atoms with Crippen LogP contribution in [-0.2, 0) is 9.59 Å². The predicted octanol–water partition coefficient (Wildman–Crippen LogP) is 5.05. The number of aryl methyl sites for hydroxylation is 2. The van der Waals surface area contributed by atoms with E-state index in [1.54, 1.807) is 48.5 Å². The maximum atomic E-state index is 13.1. The minimum absolute atomic E-state index is 0.0256. The molecule has 0 radical (unpaired) electrons. The summed E-state index contributed by atoms with van der Waals surface area (Å²) in [6, 6.07) is 12.6. The molecule has 2 aromatic carbocycles. The highest BCUT2D eigenvalue weighted by Gasteiger charge is 2.49. The van der Waals surface area contributed by atoms with E-state index in [4.69, 9.17) is 16.3 Å². The van der Waals surface area contributed by atoms with Gasteiger partial charge in [0.1, 0.15) is 17.6 Å². The number of benzene rings is 2. The molecule has 2 heterocycles. The molecule has 1 aromatic heterocycles. The number of carbonyl (C=O) groups is 2. The van der Waals surface area contributed by atoms with Crippen LogP contribution in [0.1, 0.15) is 27.7 Å². The predicted molar refractivity (Wildman–Crippen MR) is 121 cm³/mol. The van der Waals surface area contributed by atoms with E-state index in [1.165, 1.54) is 23.3 Å². The van der Waals surface area contributed by atoms with Gasteiger partial charge >= 0.3 is 5.91 Å². The van der Waals surface area contributed by atoms with Gasteiger partial charge in [-0.05, 0) is 44.2 Å². The Morgan fingerprint density at radius 1 is 1.13 bits per heavy atom. The molecular weight excluding hydrogens is 436 g/mol. The number of aliphatic hydroxyl groups excluding tert-OH is 1. The van der Waals surface area contributed by atoms with Crippen molar-refractivity contribution in [3.05, 3.63) is 80.8 Å². The molecule has 1 fully saturated rings. The van der Waals surface area contributed by atoms with E-state index in [0.717, 1.165) is 10.6 Å². The van der Waals surface area contributed by atoms with E-state index in [2.05, 4.69) is 4.98 Å². The quantitative estimate of drug-likeness (QED) is 0.339. The SMILES string of the molecule is COc1ccccc1[C@@H]1/C(=C(\O)c2ccc(Cl)cc2)C(=O)C(=O)N1c1nc(C)c(C)s1. The average molecular weight is 455 g/mol. The van der Waals surface area contributed by atoms with Gasteiger partial charge in [0.05, 0.1) is 18.4 Å². The molecule has 1 N–H and O–H groups in total. The Labute approximate surface area is 188 Å². The molecule has 0 bridgehead atoms. The number of rotatable bonds is 4.